The largest absolute Gasteiger partial charge is 0.444 e. The Morgan fingerprint density at radius 3 is 2.58 bits per heavy atom. The van der Waals surface area contributed by atoms with E-state index in [9.17, 15) is 4.79 Å². The van der Waals surface area contributed by atoms with Gasteiger partial charge in [-0.25, -0.2) is 4.79 Å². The molecule has 0 bridgehead atoms. The zero-order valence-corrected chi connectivity index (χ0v) is 12.2. The number of ether oxygens (including phenoxy) is 1. The highest BCUT2D eigenvalue weighted by molar-refractivity contribution is 5.86. The second kappa shape index (κ2) is 5.79. The molecule has 1 unspecified atom stereocenters. The molecule has 1 rings (SSSR count). The molecule has 1 N–H and O–H groups in total. The highest BCUT2D eigenvalue weighted by Gasteiger charge is 2.17. The summed E-state index contributed by atoms with van der Waals surface area (Å²) in [5.41, 5.74) is 2.19. The Hall–Kier alpha value is -1.95. The number of benzene rings is 1. The van der Waals surface area contributed by atoms with Crippen LogP contribution in [0.2, 0.25) is 0 Å². The molecule has 1 amide bonds. The van der Waals surface area contributed by atoms with E-state index in [-0.39, 0.29) is 5.92 Å². The Morgan fingerprint density at radius 1 is 1.42 bits per heavy atom. The van der Waals surface area contributed by atoms with E-state index in [0.29, 0.717) is 0 Å². The van der Waals surface area contributed by atoms with Crippen LogP contribution in [0.5, 0.6) is 0 Å². The second-order valence-electron chi connectivity index (χ2n) is 5.59. The van der Waals surface area contributed by atoms with Gasteiger partial charge in [0.25, 0.3) is 0 Å². The molecule has 102 valence electrons. The van der Waals surface area contributed by atoms with E-state index in [2.05, 4.69) is 11.2 Å². The third-order valence-corrected chi connectivity index (χ3v) is 2.65. The van der Waals surface area contributed by atoms with Crippen LogP contribution in [0.15, 0.2) is 18.2 Å². The lowest BCUT2D eigenvalue weighted by molar-refractivity contribution is 0.0636. The number of hydrogen-bond donors (Lipinski definition) is 1. The minimum absolute atomic E-state index is 0.0137. The van der Waals surface area contributed by atoms with Crippen molar-refractivity contribution in [1.29, 1.82) is 0 Å². The van der Waals surface area contributed by atoms with Crippen molar-refractivity contribution in [3.63, 3.8) is 0 Å². The van der Waals surface area contributed by atoms with Gasteiger partial charge in [-0.05, 0) is 51.8 Å². The second-order valence-corrected chi connectivity index (χ2v) is 5.59. The molecule has 0 spiro atoms. The van der Waals surface area contributed by atoms with Gasteiger partial charge in [-0.15, -0.1) is 6.42 Å². The van der Waals surface area contributed by atoms with Crippen molar-refractivity contribution in [2.45, 2.75) is 46.1 Å². The first-order valence-electron chi connectivity index (χ1n) is 6.29. The van der Waals surface area contributed by atoms with Gasteiger partial charge >= 0.3 is 6.09 Å². The molecule has 0 saturated heterocycles. The summed E-state index contributed by atoms with van der Waals surface area (Å²) in [4.78, 5) is 11.8. The van der Waals surface area contributed by atoms with Crippen molar-refractivity contribution in [3.05, 3.63) is 29.3 Å². The minimum atomic E-state index is -0.512. The van der Waals surface area contributed by atoms with Gasteiger partial charge in [0.2, 0.25) is 0 Å². The summed E-state index contributed by atoms with van der Waals surface area (Å²) in [6, 6.07) is 5.81. The number of nitrogens with one attached hydrogen (secondary N) is 1. The maximum atomic E-state index is 11.8. The Labute approximate surface area is 115 Å². The fourth-order valence-electron chi connectivity index (χ4n) is 1.55. The van der Waals surface area contributed by atoms with E-state index in [1.165, 1.54) is 0 Å². The average molecular weight is 259 g/mol. The van der Waals surface area contributed by atoms with Gasteiger partial charge in [-0.3, -0.25) is 5.32 Å². The highest BCUT2D eigenvalue weighted by Crippen LogP contribution is 2.23. The number of carbonyl (C=O) groups is 1. The molecule has 0 saturated carbocycles. The maximum Gasteiger partial charge on any atom is 0.412 e. The molecule has 1 atom stereocenters. The van der Waals surface area contributed by atoms with Crippen molar-refractivity contribution in [3.8, 4) is 12.3 Å². The molecule has 19 heavy (non-hydrogen) atoms. The van der Waals surface area contributed by atoms with Crippen LogP contribution in [0.25, 0.3) is 0 Å². The van der Waals surface area contributed by atoms with Crippen LogP contribution in [-0.2, 0) is 4.74 Å². The van der Waals surface area contributed by atoms with Crippen LogP contribution in [0.4, 0.5) is 10.5 Å². The average Bonchev–Trinajstić information content (AvgIpc) is 2.28. The zero-order valence-electron chi connectivity index (χ0n) is 12.2. The Balaban J connectivity index is 2.89. The Morgan fingerprint density at radius 2 is 2.05 bits per heavy atom. The molecule has 1 aromatic rings. The van der Waals surface area contributed by atoms with Gasteiger partial charge in [-0.1, -0.05) is 18.1 Å². The number of carbonyl (C=O) groups excluding carboxylic acids is 1. The standard InChI is InChI=1S/C16H21NO2/c1-7-11(2)13-9-8-12(3)14(10-13)17-15(18)19-16(4,5)6/h1,8-11H,2-6H3,(H,17,18). The van der Waals surface area contributed by atoms with Gasteiger partial charge in [0.1, 0.15) is 5.60 Å². The van der Waals surface area contributed by atoms with Crippen LogP contribution in [-0.4, -0.2) is 11.7 Å². The van der Waals surface area contributed by atoms with Gasteiger partial charge in [0, 0.05) is 11.6 Å². The van der Waals surface area contributed by atoms with Crippen LogP contribution >= 0.6 is 0 Å². The first-order valence-corrected chi connectivity index (χ1v) is 6.29. The summed E-state index contributed by atoms with van der Waals surface area (Å²) in [6.45, 7) is 9.36. The molecule has 3 nitrogen and oxygen atoms in total. The summed E-state index contributed by atoms with van der Waals surface area (Å²) in [5, 5.41) is 2.76. The zero-order chi connectivity index (χ0) is 14.6. The van der Waals surface area contributed by atoms with E-state index < -0.39 is 11.7 Å². The molecular formula is C16H21NO2. The van der Waals surface area contributed by atoms with Crippen LogP contribution in [0.3, 0.4) is 0 Å². The number of hydrogen-bond acceptors (Lipinski definition) is 2. The summed E-state index contributed by atoms with van der Waals surface area (Å²) in [6.07, 6.45) is 4.96. The summed E-state index contributed by atoms with van der Waals surface area (Å²) in [5.74, 6) is 2.69. The van der Waals surface area contributed by atoms with E-state index in [0.717, 1.165) is 16.8 Å². The smallest absolute Gasteiger partial charge is 0.412 e. The quantitative estimate of drug-likeness (QED) is 0.813. The van der Waals surface area contributed by atoms with Crippen molar-refractivity contribution in [2.24, 2.45) is 0 Å². The van der Waals surface area contributed by atoms with Gasteiger partial charge in [-0.2, -0.15) is 0 Å². The SMILES string of the molecule is C#CC(C)c1ccc(C)c(NC(=O)OC(C)(C)C)c1. The fourth-order valence-corrected chi connectivity index (χ4v) is 1.55. The summed E-state index contributed by atoms with van der Waals surface area (Å²) < 4.78 is 5.23. The molecule has 0 aliphatic heterocycles. The lowest BCUT2D eigenvalue weighted by atomic mass is 10.00. The number of aryl methyl sites for hydroxylation is 1. The monoisotopic (exact) mass is 259 g/mol. The predicted molar refractivity (Wildman–Crippen MR) is 78.3 cm³/mol. The number of amides is 1. The fraction of sp³-hybridized carbons (Fsp3) is 0.438. The molecule has 0 radical (unpaired) electrons. The molecule has 1 aromatic carbocycles. The van der Waals surface area contributed by atoms with E-state index in [1.54, 1.807) is 0 Å². The van der Waals surface area contributed by atoms with Crippen molar-refractivity contribution in [2.75, 3.05) is 5.32 Å². The molecule has 0 aliphatic rings. The normalized spacial score (nSPS) is 12.4. The Kier molecular flexibility index (Phi) is 4.61. The van der Waals surface area contributed by atoms with Gasteiger partial charge in [0.05, 0.1) is 0 Å². The van der Waals surface area contributed by atoms with Crippen LogP contribution < -0.4 is 5.32 Å². The highest BCUT2D eigenvalue weighted by atomic mass is 16.6. The molecule has 0 aromatic heterocycles. The topological polar surface area (TPSA) is 38.3 Å². The molecule has 0 fully saturated rings. The number of anilines is 1. The van der Waals surface area contributed by atoms with Gasteiger partial charge < -0.3 is 4.74 Å². The molecule has 3 heteroatoms. The number of terminal acetylenes is 1. The number of rotatable bonds is 2. The lowest BCUT2D eigenvalue weighted by Gasteiger charge is -2.20. The van der Waals surface area contributed by atoms with E-state index >= 15 is 0 Å². The predicted octanol–water partition coefficient (Wildman–Crippen LogP) is 4.08. The summed E-state index contributed by atoms with van der Waals surface area (Å²) >= 11 is 0. The van der Waals surface area contributed by atoms with Crippen LogP contribution in [0, 0.1) is 19.3 Å². The molecular weight excluding hydrogens is 238 g/mol. The third-order valence-electron chi connectivity index (χ3n) is 2.65. The molecule has 0 heterocycles. The third kappa shape index (κ3) is 4.67. The lowest BCUT2D eigenvalue weighted by Crippen LogP contribution is -2.27. The summed E-state index contributed by atoms with van der Waals surface area (Å²) in [7, 11) is 0. The minimum Gasteiger partial charge on any atom is -0.444 e. The van der Waals surface area contributed by atoms with Crippen molar-refractivity contribution < 1.29 is 9.53 Å². The Bertz CT molecular complexity index is 506. The van der Waals surface area contributed by atoms with Crippen LogP contribution in [0.1, 0.15) is 44.7 Å². The van der Waals surface area contributed by atoms with Crippen molar-refractivity contribution in [1.82, 2.24) is 0 Å². The van der Waals surface area contributed by atoms with Gasteiger partial charge in [0.15, 0.2) is 0 Å². The van der Waals surface area contributed by atoms with E-state index in [4.69, 9.17) is 11.2 Å². The van der Waals surface area contributed by atoms with Crippen molar-refractivity contribution >= 4 is 11.8 Å². The van der Waals surface area contributed by atoms with E-state index in [1.807, 2.05) is 52.8 Å². The first kappa shape index (κ1) is 15.1. The molecule has 0 aliphatic carbocycles. The maximum absolute atomic E-state index is 11.8. The first-order chi connectivity index (χ1) is 8.73.